The van der Waals surface area contributed by atoms with Crippen LogP contribution in [0.25, 0.3) is 55.3 Å². The molecule has 0 bridgehead atoms. The number of allylic oxidation sites excluding steroid dienone is 2. The van der Waals surface area contributed by atoms with Crippen LogP contribution in [-0.2, 0) is 0 Å². The van der Waals surface area contributed by atoms with Crippen LogP contribution in [0.3, 0.4) is 0 Å². The quantitative estimate of drug-likeness (QED) is 0.122. The van der Waals surface area contributed by atoms with Gasteiger partial charge in [0.1, 0.15) is 0 Å². The molecule has 0 aromatic heterocycles. The fraction of sp³-hybridized carbons (Fsp3) is 0.0508. The van der Waals surface area contributed by atoms with Gasteiger partial charge in [-0.25, -0.2) is 0 Å². The zero-order chi connectivity index (χ0) is 41.7. The van der Waals surface area contributed by atoms with Crippen LogP contribution in [0.4, 0.5) is 28.4 Å². The predicted octanol–water partition coefficient (Wildman–Crippen LogP) is 16.1. The highest BCUT2D eigenvalue weighted by Crippen LogP contribution is 2.45. The first kappa shape index (κ1) is 38.3. The molecule has 9 aromatic rings. The van der Waals surface area contributed by atoms with Crippen molar-refractivity contribution in [2.75, 3.05) is 16.0 Å². The van der Waals surface area contributed by atoms with Crippen LogP contribution < -0.4 is 16.0 Å². The van der Waals surface area contributed by atoms with Gasteiger partial charge in [-0.05, 0) is 106 Å². The molecular formula is C59H47N3. The Hall–Kier alpha value is -7.88. The summed E-state index contributed by atoms with van der Waals surface area (Å²) in [5.41, 5.74) is 15.4. The Kier molecular flexibility index (Phi) is 10.5. The molecule has 3 heteroatoms. The summed E-state index contributed by atoms with van der Waals surface area (Å²) in [6.45, 7) is 2.30. The molecule has 10 rings (SSSR count). The van der Waals surface area contributed by atoms with E-state index in [9.17, 15) is 0 Å². The van der Waals surface area contributed by atoms with Gasteiger partial charge in [-0.3, -0.25) is 0 Å². The third-order valence-electron chi connectivity index (χ3n) is 12.0. The van der Waals surface area contributed by atoms with Crippen molar-refractivity contribution in [1.29, 1.82) is 0 Å². The minimum atomic E-state index is -0.374. The van der Waals surface area contributed by atoms with Gasteiger partial charge < -0.3 is 16.0 Å². The number of anilines is 5. The van der Waals surface area contributed by atoms with E-state index in [0.717, 1.165) is 56.3 Å². The maximum absolute atomic E-state index is 3.92. The maximum Gasteiger partial charge on any atom is 0.0634 e. The fourth-order valence-corrected chi connectivity index (χ4v) is 8.91. The van der Waals surface area contributed by atoms with Gasteiger partial charge in [0.2, 0.25) is 0 Å². The van der Waals surface area contributed by atoms with Gasteiger partial charge in [0.05, 0.1) is 5.54 Å². The molecule has 0 saturated heterocycles. The molecule has 9 aromatic carbocycles. The normalized spacial score (nSPS) is 15.6. The fourth-order valence-electron chi connectivity index (χ4n) is 8.91. The summed E-state index contributed by atoms with van der Waals surface area (Å²) in [6, 6.07) is 78.0. The largest absolute Gasteiger partial charge is 0.375 e. The van der Waals surface area contributed by atoms with Crippen LogP contribution in [-0.4, -0.2) is 5.54 Å². The van der Waals surface area contributed by atoms with Crippen molar-refractivity contribution in [3.8, 4) is 44.5 Å². The van der Waals surface area contributed by atoms with E-state index in [4.69, 9.17) is 0 Å². The standard InChI is InChI=1S/C59H47N3/c1-59(62-48-26-9-4-10-27-48)38-16-15-32-55(59)52-31-14-13-30-51(52)54-41-47(35-37-58(54)61-56-33-18-24-43-23-11-12-29-50(43)56)46-34-36-57(53(40-46)44-21-7-3-8-22-44)60-49-28-17-25-45(39-49)42-19-5-2-6-20-42/h2-41,55,60-62H,1H3. The lowest BCUT2D eigenvalue weighted by Gasteiger charge is -2.38. The lowest BCUT2D eigenvalue weighted by atomic mass is 9.75. The SMILES string of the molecule is CC1(Nc2ccccc2)C=CC=CC1c1ccccc1-c1cc(-c2ccc(Nc3cccc(-c4ccccc4)c3)c(-c3ccccc3)c2)ccc1Nc1cccc2ccccc12. The van der Waals surface area contributed by atoms with E-state index in [1.54, 1.807) is 0 Å². The minimum absolute atomic E-state index is 0.0494. The number of hydrogen-bond donors (Lipinski definition) is 3. The van der Waals surface area contributed by atoms with E-state index >= 15 is 0 Å². The number of hydrogen-bond acceptors (Lipinski definition) is 3. The zero-order valence-electron chi connectivity index (χ0n) is 34.7. The second-order valence-electron chi connectivity index (χ2n) is 16.2. The number of rotatable bonds is 11. The van der Waals surface area contributed by atoms with Crippen molar-refractivity contribution in [2.45, 2.75) is 18.4 Å². The molecule has 0 amide bonds. The van der Waals surface area contributed by atoms with Crippen molar-refractivity contribution in [3.05, 3.63) is 248 Å². The summed E-state index contributed by atoms with van der Waals surface area (Å²) in [7, 11) is 0. The number of para-hydroxylation sites is 1. The molecule has 0 saturated carbocycles. The second-order valence-corrected chi connectivity index (χ2v) is 16.2. The molecule has 298 valence electrons. The molecule has 0 fully saturated rings. The average molecular weight is 798 g/mol. The topological polar surface area (TPSA) is 36.1 Å². The van der Waals surface area contributed by atoms with Gasteiger partial charge in [0, 0.05) is 50.9 Å². The first-order valence-electron chi connectivity index (χ1n) is 21.4. The highest BCUT2D eigenvalue weighted by molar-refractivity contribution is 5.98. The van der Waals surface area contributed by atoms with Crippen molar-refractivity contribution in [3.63, 3.8) is 0 Å². The molecule has 0 radical (unpaired) electrons. The Bertz CT molecular complexity index is 3060. The third kappa shape index (κ3) is 7.92. The van der Waals surface area contributed by atoms with Crippen LogP contribution in [0.2, 0.25) is 0 Å². The molecule has 0 aliphatic heterocycles. The van der Waals surface area contributed by atoms with Gasteiger partial charge in [0.25, 0.3) is 0 Å². The summed E-state index contributed by atoms with van der Waals surface area (Å²) in [4.78, 5) is 0. The highest BCUT2D eigenvalue weighted by atomic mass is 15.0. The van der Waals surface area contributed by atoms with Crippen molar-refractivity contribution >= 4 is 39.2 Å². The molecule has 0 spiro atoms. The Balaban J connectivity index is 1.09. The Labute approximate surface area is 364 Å². The molecule has 2 atom stereocenters. The van der Waals surface area contributed by atoms with Crippen LogP contribution in [0, 0.1) is 0 Å². The van der Waals surface area contributed by atoms with Gasteiger partial charge >= 0.3 is 0 Å². The average Bonchev–Trinajstić information content (AvgIpc) is 3.33. The maximum atomic E-state index is 3.92. The summed E-state index contributed by atoms with van der Waals surface area (Å²) in [5.74, 6) is 0.0494. The minimum Gasteiger partial charge on any atom is -0.375 e. The van der Waals surface area contributed by atoms with Gasteiger partial charge in [-0.15, -0.1) is 0 Å². The van der Waals surface area contributed by atoms with Gasteiger partial charge in [-0.1, -0.05) is 188 Å². The van der Waals surface area contributed by atoms with Gasteiger partial charge in [0.15, 0.2) is 0 Å². The number of fused-ring (bicyclic) bond motifs is 1. The van der Waals surface area contributed by atoms with E-state index in [0.29, 0.717) is 0 Å². The van der Waals surface area contributed by atoms with Crippen LogP contribution in [0.15, 0.2) is 243 Å². The lowest BCUT2D eigenvalue weighted by Crippen LogP contribution is -2.39. The molecule has 3 nitrogen and oxygen atoms in total. The molecule has 1 aliphatic carbocycles. The summed E-state index contributed by atoms with van der Waals surface area (Å²) < 4.78 is 0. The number of benzene rings is 9. The van der Waals surface area contributed by atoms with Gasteiger partial charge in [-0.2, -0.15) is 0 Å². The van der Waals surface area contributed by atoms with Crippen molar-refractivity contribution < 1.29 is 0 Å². The lowest BCUT2D eigenvalue weighted by molar-refractivity contribution is 0.563. The Morgan fingerprint density at radius 1 is 0.387 bits per heavy atom. The van der Waals surface area contributed by atoms with Crippen LogP contribution >= 0.6 is 0 Å². The molecule has 3 N–H and O–H groups in total. The molecule has 1 aliphatic rings. The van der Waals surface area contributed by atoms with Crippen LogP contribution in [0.1, 0.15) is 18.4 Å². The van der Waals surface area contributed by atoms with Crippen molar-refractivity contribution in [2.24, 2.45) is 0 Å². The van der Waals surface area contributed by atoms with E-state index in [2.05, 4.69) is 266 Å². The summed E-state index contributed by atoms with van der Waals surface area (Å²) in [6.07, 6.45) is 8.97. The smallest absolute Gasteiger partial charge is 0.0634 e. The molecule has 2 unspecified atom stereocenters. The predicted molar refractivity (Wildman–Crippen MR) is 265 cm³/mol. The van der Waals surface area contributed by atoms with Crippen molar-refractivity contribution in [1.82, 2.24) is 0 Å². The van der Waals surface area contributed by atoms with E-state index in [1.807, 2.05) is 0 Å². The first-order chi connectivity index (χ1) is 30.6. The van der Waals surface area contributed by atoms with E-state index in [-0.39, 0.29) is 11.5 Å². The van der Waals surface area contributed by atoms with E-state index in [1.165, 1.54) is 33.0 Å². The molecule has 0 heterocycles. The van der Waals surface area contributed by atoms with E-state index < -0.39 is 0 Å². The molecule has 62 heavy (non-hydrogen) atoms. The zero-order valence-corrected chi connectivity index (χ0v) is 34.7. The highest BCUT2D eigenvalue weighted by Gasteiger charge is 2.34. The number of nitrogens with one attached hydrogen (secondary N) is 3. The summed E-state index contributed by atoms with van der Waals surface area (Å²) >= 11 is 0. The summed E-state index contributed by atoms with van der Waals surface area (Å²) in [5, 5.41) is 14.0. The Morgan fingerprint density at radius 2 is 0.968 bits per heavy atom. The molecular weight excluding hydrogens is 751 g/mol. The Morgan fingerprint density at radius 3 is 1.76 bits per heavy atom. The first-order valence-corrected chi connectivity index (χ1v) is 21.4. The monoisotopic (exact) mass is 797 g/mol. The second kappa shape index (κ2) is 17.0. The van der Waals surface area contributed by atoms with Crippen LogP contribution in [0.5, 0.6) is 0 Å². The third-order valence-corrected chi connectivity index (χ3v) is 12.0.